The van der Waals surface area contributed by atoms with Gasteiger partial charge in [-0.15, -0.1) is 0 Å². The number of nitrogen functional groups attached to an aromatic ring is 1. The van der Waals surface area contributed by atoms with Crippen molar-refractivity contribution >= 4 is 16.5 Å². The van der Waals surface area contributed by atoms with Gasteiger partial charge in [0.2, 0.25) is 0 Å². The molecule has 0 aromatic heterocycles. The van der Waals surface area contributed by atoms with Gasteiger partial charge in [0.1, 0.15) is 0 Å². The van der Waals surface area contributed by atoms with Gasteiger partial charge in [-0.3, -0.25) is 4.90 Å². The van der Waals surface area contributed by atoms with Gasteiger partial charge >= 0.3 is 6.18 Å². The van der Waals surface area contributed by atoms with Gasteiger partial charge in [0.05, 0.1) is 6.54 Å². The van der Waals surface area contributed by atoms with Crippen molar-refractivity contribution in [1.29, 1.82) is 0 Å². The van der Waals surface area contributed by atoms with Gasteiger partial charge in [0, 0.05) is 12.2 Å². The molecular weight excluding hydrogens is 265 g/mol. The first-order chi connectivity index (χ1) is 9.39. The van der Waals surface area contributed by atoms with E-state index in [-0.39, 0.29) is 6.54 Å². The summed E-state index contributed by atoms with van der Waals surface area (Å²) in [6.45, 7) is 1.32. The van der Waals surface area contributed by atoms with Crippen LogP contribution in [-0.4, -0.2) is 24.2 Å². The van der Waals surface area contributed by atoms with Crippen molar-refractivity contribution in [2.24, 2.45) is 0 Å². The van der Waals surface area contributed by atoms with E-state index in [0.717, 1.165) is 16.3 Å². The maximum Gasteiger partial charge on any atom is 0.401 e. The second kappa shape index (κ2) is 5.71. The number of halogens is 3. The summed E-state index contributed by atoms with van der Waals surface area (Å²) in [6, 6.07) is 11.3. The molecule has 5 heteroatoms. The Bertz CT molecular complexity index is 593. The molecule has 2 N–H and O–H groups in total. The highest BCUT2D eigenvalue weighted by Crippen LogP contribution is 2.24. The first-order valence-electron chi connectivity index (χ1n) is 6.45. The Morgan fingerprint density at radius 3 is 2.25 bits per heavy atom. The summed E-state index contributed by atoms with van der Waals surface area (Å²) in [5.74, 6) is 0. The number of fused-ring (bicyclic) bond motifs is 1. The van der Waals surface area contributed by atoms with E-state index in [0.29, 0.717) is 12.2 Å². The average Bonchev–Trinajstić information content (AvgIpc) is 2.37. The predicted octanol–water partition coefficient (Wildman–Crippen LogP) is 3.81. The summed E-state index contributed by atoms with van der Waals surface area (Å²) in [5, 5.41) is 1.98. The van der Waals surface area contributed by atoms with Crippen LogP contribution in [0.3, 0.4) is 0 Å². The van der Waals surface area contributed by atoms with Crippen molar-refractivity contribution in [3.05, 3.63) is 42.0 Å². The van der Waals surface area contributed by atoms with E-state index in [2.05, 4.69) is 0 Å². The first kappa shape index (κ1) is 14.7. The monoisotopic (exact) mass is 282 g/mol. The minimum absolute atomic E-state index is 0.201. The molecule has 0 atom stereocenters. The fourth-order valence-corrected chi connectivity index (χ4v) is 2.22. The van der Waals surface area contributed by atoms with Crippen LogP contribution in [0.15, 0.2) is 36.4 Å². The smallest absolute Gasteiger partial charge is 0.398 e. The number of hydrogen-bond acceptors (Lipinski definition) is 2. The maximum absolute atomic E-state index is 12.5. The van der Waals surface area contributed by atoms with Gasteiger partial charge in [-0.1, -0.05) is 31.2 Å². The largest absolute Gasteiger partial charge is 0.401 e. The second-order valence-electron chi connectivity index (χ2n) is 4.82. The molecule has 0 saturated carbocycles. The van der Waals surface area contributed by atoms with E-state index >= 15 is 0 Å². The van der Waals surface area contributed by atoms with E-state index < -0.39 is 12.7 Å². The van der Waals surface area contributed by atoms with E-state index in [1.54, 1.807) is 6.92 Å². The average molecular weight is 282 g/mol. The van der Waals surface area contributed by atoms with Gasteiger partial charge in [0.15, 0.2) is 0 Å². The molecule has 0 heterocycles. The Kier molecular flexibility index (Phi) is 4.18. The molecule has 0 bridgehead atoms. The zero-order valence-electron chi connectivity index (χ0n) is 11.2. The van der Waals surface area contributed by atoms with Crippen molar-refractivity contribution in [2.45, 2.75) is 19.6 Å². The van der Waals surface area contributed by atoms with Crippen LogP contribution < -0.4 is 5.73 Å². The van der Waals surface area contributed by atoms with Crippen LogP contribution in [-0.2, 0) is 6.54 Å². The van der Waals surface area contributed by atoms with Gasteiger partial charge in [-0.05, 0) is 35.0 Å². The summed E-state index contributed by atoms with van der Waals surface area (Å²) in [6.07, 6.45) is -4.19. The second-order valence-corrected chi connectivity index (χ2v) is 4.82. The number of anilines is 1. The van der Waals surface area contributed by atoms with Crippen molar-refractivity contribution < 1.29 is 13.2 Å². The highest BCUT2D eigenvalue weighted by atomic mass is 19.4. The van der Waals surface area contributed by atoms with E-state index in [4.69, 9.17) is 5.73 Å². The third-order valence-corrected chi connectivity index (χ3v) is 3.25. The molecule has 0 fully saturated rings. The highest BCUT2D eigenvalue weighted by Gasteiger charge is 2.30. The maximum atomic E-state index is 12.5. The fraction of sp³-hybridized carbons (Fsp3) is 0.333. The zero-order chi connectivity index (χ0) is 14.8. The quantitative estimate of drug-likeness (QED) is 0.864. The number of nitrogens with two attached hydrogens (primary N) is 1. The Morgan fingerprint density at radius 2 is 1.70 bits per heavy atom. The van der Waals surface area contributed by atoms with Gasteiger partial charge in [-0.2, -0.15) is 13.2 Å². The lowest BCUT2D eigenvalue weighted by molar-refractivity contribution is -0.146. The number of alkyl halides is 3. The summed E-state index contributed by atoms with van der Waals surface area (Å²) >= 11 is 0. The Balaban J connectivity index is 2.25. The highest BCUT2D eigenvalue weighted by molar-refractivity contribution is 5.86. The van der Waals surface area contributed by atoms with Crippen LogP contribution in [0, 0.1) is 0 Å². The van der Waals surface area contributed by atoms with Crippen LogP contribution in [0.25, 0.3) is 10.8 Å². The van der Waals surface area contributed by atoms with Crippen molar-refractivity contribution in [2.75, 3.05) is 18.8 Å². The standard InChI is InChI=1S/C15H17F3N2/c1-2-20(10-15(16,17)18)9-13-7-11-5-3-4-6-12(11)8-14(13)19/h3-8H,2,9-10,19H2,1H3. The molecule has 0 aliphatic rings. The number of rotatable bonds is 4. The summed E-state index contributed by atoms with van der Waals surface area (Å²) in [4.78, 5) is 1.33. The minimum atomic E-state index is -4.19. The minimum Gasteiger partial charge on any atom is -0.398 e. The molecular formula is C15H17F3N2. The van der Waals surface area contributed by atoms with E-state index in [1.165, 1.54) is 4.90 Å². The topological polar surface area (TPSA) is 29.3 Å². The lowest BCUT2D eigenvalue weighted by atomic mass is 10.0. The summed E-state index contributed by atoms with van der Waals surface area (Å²) in [7, 11) is 0. The van der Waals surface area contributed by atoms with Crippen LogP contribution in [0.5, 0.6) is 0 Å². The predicted molar refractivity (Wildman–Crippen MR) is 75.4 cm³/mol. The lowest BCUT2D eigenvalue weighted by Crippen LogP contribution is -2.33. The Hall–Kier alpha value is -1.75. The van der Waals surface area contributed by atoms with Gasteiger partial charge < -0.3 is 5.73 Å². The summed E-state index contributed by atoms with van der Waals surface area (Å²) < 4.78 is 37.4. The molecule has 0 spiro atoms. The van der Waals surface area contributed by atoms with Crippen LogP contribution in [0.4, 0.5) is 18.9 Å². The number of benzene rings is 2. The van der Waals surface area contributed by atoms with Crippen molar-refractivity contribution in [1.82, 2.24) is 4.90 Å². The molecule has 2 nitrogen and oxygen atoms in total. The van der Waals surface area contributed by atoms with Gasteiger partial charge in [-0.25, -0.2) is 0 Å². The Morgan fingerprint density at radius 1 is 1.10 bits per heavy atom. The molecule has 20 heavy (non-hydrogen) atoms. The normalized spacial score (nSPS) is 12.2. The lowest BCUT2D eigenvalue weighted by Gasteiger charge is -2.23. The molecule has 0 aliphatic carbocycles. The molecule has 0 unspecified atom stereocenters. The van der Waals surface area contributed by atoms with Crippen LogP contribution in [0.2, 0.25) is 0 Å². The molecule has 2 rings (SSSR count). The Labute approximate surface area is 116 Å². The molecule has 0 amide bonds. The molecule has 108 valence electrons. The van der Waals surface area contributed by atoms with E-state index in [1.807, 2.05) is 36.4 Å². The number of hydrogen-bond donors (Lipinski definition) is 1. The summed E-state index contributed by atoms with van der Waals surface area (Å²) in [5.41, 5.74) is 7.21. The first-order valence-corrected chi connectivity index (χ1v) is 6.45. The fourth-order valence-electron chi connectivity index (χ4n) is 2.22. The molecule has 0 aliphatic heterocycles. The number of nitrogens with zero attached hydrogens (tertiary/aromatic N) is 1. The van der Waals surface area contributed by atoms with Crippen molar-refractivity contribution in [3.63, 3.8) is 0 Å². The van der Waals surface area contributed by atoms with Crippen molar-refractivity contribution in [3.8, 4) is 0 Å². The van der Waals surface area contributed by atoms with Gasteiger partial charge in [0.25, 0.3) is 0 Å². The van der Waals surface area contributed by atoms with Crippen LogP contribution >= 0.6 is 0 Å². The molecule has 0 saturated heterocycles. The van der Waals surface area contributed by atoms with E-state index in [9.17, 15) is 13.2 Å². The molecule has 2 aromatic carbocycles. The molecule has 0 radical (unpaired) electrons. The SMILES string of the molecule is CCN(Cc1cc2ccccc2cc1N)CC(F)(F)F. The van der Waals surface area contributed by atoms with Crippen LogP contribution in [0.1, 0.15) is 12.5 Å². The third kappa shape index (κ3) is 3.63. The molecule has 2 aromatic rings. The third-order valence-electron chi connectivity index (χ3n) is 3.25. The zero-order valence-corrected chi connectivity index (χ0v) is 11.2.